The normalized spacial score (nSPS) is 24.8. The number of urea groups is 1. The minimum atomic E-state index is -0.536. The van der Waals surface area contributed by atoms with Crippen LogP contribution in [0, 0.1) is 5.82 Å². The number of amides is 3. The summed E-state index contributed by atoms with van der Waals surface area (Å²) in [6, 6.07) is 5.69. The lowest BCUT2D eigenvalue weighted by molar-refractivity contribution is -0.130. The van der Waals surface area contributed by atoms with Gasteiger partial charge < -0.3 is 25.8 Å². The lowest BCUT2D eigenvalue weighted by atomic mass is 9.95. The highest BCUT2D eigenvalue weighted by molar-refractivity contribution is 5.76. The Morgan fingerprint density at radius 1 is 1.03 bits per heavy atom. The molecule has 3 amide bonds. The zero-order chi connectivity index (χ0) is 21.3. The number of nitrogens with one attached hydrogen (secondary N) is 3. The van der Waals surface area contributed by atoms with E-state index in [9.17, 15) is 19.1 Å². The molecule has 166 valence electrons. The molecular formula is C22H32FN3O4. The first-order valence-corrected chi connectivity index (χ1v) is 10.9. The molecule has 0 spiro atoms. The van der Waals surface area contributed by atoms with Crippen LogP contribution in [-0.2, 0) is 16.1 Å². The fourth-order valence-corrected chi connectivity index (χ4v) is 4.17. The van der Waals surface area contributed by atoms with Crippen LogP contribution in [-0.4, -0.2) is 47.9 Å². The van der Waals surface area contributed by atoms with Crippen LogP contribution >= 0.6 is 0 Å². The van der Waals surface area contributed by atoms with E-state index < -0.39 is 6.10 Å². The zero-order valence-electron chi connectivity index (χ0n) is 17.2. The van der Waals surface area contributed by atoms with Crippen LogP contribution in [0.4, 0.5) is 9.18 Å². The van der Waals surface area contributed by atoms with Gasteiger partial charge in [0.05, 0.1) is 25.2 Å². The summed E-state index contributed by atoms with van der Waals surface area (Å²) in [5.41, 5.74) is 0.816. The van der Waals surface area contributed by atoms with Crippen molar-refractivity contribution in [2.45, 2.75) is 82.2 Å². The molecule has 1 saturated heterocycles. The summed E-state index contributed by atoms with van der Waals surface area (Å²) >= 11 is 0. The van der Waals surface area contributed by atoms with Gasteiger partial charge in [-0.25, -0.2) is 9.18 Å². The fourth-order valence-electron chi connectivity index (χ4n) is 4.17. The molecular weight excluding hydrogens is 389 g/mol. The van der Waals surface area contributed by atoms with Crippen molar-refractivity contribution in [2.75, 3.05) is 6.61 Å². The van der Waals surface area contributed by atoms with Crippen molar-refractivity contribution in [3.8, 4) is 0 Å². The smallest absolute Gasteiger partial charge is 0.315 e. The Kier molecular flexibility index (Phi) is 8.45. The summed E-state index contributed by atoms with van der Waals surface area (Å²) in [5.74, 6) is -0.478. The topological polar surface area (TPSA) is 99.7 Å². The highest BCUT2D eigenvalue weighted by atomic mass is 19.1. The molecule has 1 aromatic rings. The summed E-state index contributed by atoms with van der Waals surface area (Å²) in [5, 5.41) is 18.4. The second-order valence-electron chi connectivity index (χ2n) is 8.22. The van der Waals surface area contributed by atoms with Gasteiger partial charge in [0.15, 0.2) is 0 Å². The van der Waals surface area contributed by atoms with Gasteiger partial charge in [0, 0.05) is 12.6 Å². The van der Waals surface area contributed by atoms with Crippen molar-refractivity contribution in [1.82, 2.24) is 16.0 Å². The van der Waals surface area contributed by atoms with Crippen LogP contribution in [0.15, 0.2) is 24.3 Å². The fraction of sp³-hybridized carbons (Fsp3) is 0.636. The standard InChI is InChI=1S/C22H32FN3O4/c23-16-8-6-15(7-9-16)13-24-21(28)12-18-10-11-19(20(14-27)30-18)26-22(29)25-17-4-2-1-3-5-17/h6-9,17-20,27H,1-5,10-14H2,(H,24,28)(H2,25,26,29)/t18-,19+,20+/m0/s1. The Balaban J connectivity index is 1.40. The number of rotatable bonds is 7. The van der Waals surface area contributed by atoms with E-state index in [0.717, 1.165) is 31.2 Å². The molecule has 2 aliphatic rings. The van der Waals surface area contributed by atoms with E-state index in [1.165, 1.54) is 18.6 Å². The van der Waals surface area contributed by atoms with E-state index in [1.54, 1.807) is 12.1 Å². The van der Waals surface area contributed by atoms with Crippen LogP contribution in [0.25, 0.3) is 0 Å². The van der Waals surface area contributed by atoms with E-state index >= 15 is 0 Å². The molecule has 8 heteroatoms. The number of hydrogen-bond donors (Lipinski definition) is 4. The van der Waals surface area contributed by atoms with Crippen molar-refractivity contribution in [1.29, 1.82) is 0 Å². The summed E-state index contributed by atoms with van der Waals surface area (Å²) < 4.78 is 18.8. The van der Waals surface area contributed by atoms with E-state index in [2.05, 4.69) is 16.0 Å². The van der Waals surface area contributed by atoms with Crippen LogP contribution in [0.5, 0.6) is 0 Å². The van der Waals surface area contributed by atoms with Crippen molar-refractivity contribution in [3.05, 3.63) is 35.6 Å². The highest BCUT2D eigenvalue weighted by Gasteiger charge is 2.33. The average Bonchev–Trinajstić information content (AvgIpc) is 2.75. The molecule has 2 fully saturated rings. The lowest BCUT2D eigenvalue weighted by Crippen LogP contribution is -2.55. The van der Waals surface area contributed by atoms with Gasteiger partial charge in [-0.15, -0.1) is 0 Å². The molecule has 0 aromatic heterocycles. The molecule has 0 unspecified atom stereocenters. The Bertz CT molecular complexity index is 694. The van der Waals surface area contributed by atoms with Crippen LogP contribution in [0.1, 0.15) is 56.9 Å². The van der Waals surface area contributed by atoms with Gasteiger partial charge in [-0.05, 0) is 43.4 Å². The largest absolute Gasteiger partial charge is 0.394 e. The zero-order valence-corrected chi connectivity index (χ0v) is 17.2. The maximum atomic E-state index is 12.9. The summed E-state index contributed by atoms with van der Waals surface area (Å²) in [6.45, 7) is 0.100. The second-order valence-corrected chi connectivity index (χ2v) is 8.22. The summed E-state index contributed by atoms with van der Waals surface area (Å²) in [4.78, 5) is 24.5. The Labute approximate surface area is 176 Å². The monoisotopic (exact) mass is 421 g/mol. The third-order valence-corrected chi connectivity index (χ3v) is 5.87. The predicted molar refractivity (Wildman–Crippen MR) is 110 cm³/mol. The summed E-state index contributed by atoms with van der Waals surface area (Å²) in [6.07, 6.45) is 6.11. The van der Waals surface area contributed by atoms with Gasteiger partial charge in [0.1, 0.15) is 11.9 Å². The number of hydrogen-bond acceptors (Lipinski definition) is 4. The van der Waals surface area contributed by atoms with Crippen LogP contribution in [0.2, 0.25) is 0 Å². The number of aliphatic hydroxyl groups is 1. The van der Waals surface area contributed by atoms with Crippen LogP contribution in [0.3, 0.4) is 0 Å². The Morgan fingerprint density at radius 2 is 1.77 bits per heavy atom. The van der Waals surface area contributed by atoms with E-state index in [4.69, 9.17) is 4.74 Å². The summed E-state index contributed by atoms with van der Waals surface area (Å²) in [7, 11) is 0. The maximum Gasteiger partial charge on any atom is 0.315 e. The highest BCUT2D eigenvalue weighted by Crippen LogP contribution is 2.22. The molecule has 4 N–H and O–H groups in total. The SMILES string of the molecule is O=C(C[C@@H]1CC[C@@H](NC(=O)NC2CCCCC2)[C@@H](CO)O1)NCc1ccc(F)cc1. The van der Waals surface area contributed by atoms with E-state index in [-0.39, 0.29) is 49.0 Å². The van der Waals surface area contributed by atoms with E-state index in [1.807, 2.05) is 0 Å². The quantitative estimate of drug-likeness (QED) is 0.543. The molecule has 7 nitrogen and oxygen atoms in total. The first-order valence-electron chi connectivity index (χ1n) is 10.9. The van der Waals surface area contributed by atoms with Gasteiger partial charge in [0.25, 0.3) is 0 Å². The van der Waals surface area contributed by atoms with Crippen molar-refractivity contribution >= 4 is 11.9 Å². The van der Waals surface area contributed by atoms with Gasteiger partial charge in [-0.1, -0.05) is 31.4 Å². The van der Waals surface area contributed by atoms with Crippen molar-refractivity contribution in [3.63, 3.8) is 0 Å². The van der Waals surface area contributed by atoms with Gasteiger partial charge in [-0.3, -0.25) is 4.79 Å². The third kappa shape index (κ3) is 6.95. The molecule has 3 atom stereocenters. The van der Waals surface area contributed by atoms with Gasteiger partial charge in [-0.2, -0.15) is 0 Å². The minimum absolute atomic E-state index is 0.164. The molecule has 0 bridgehead atoms. The molecule has 1 aliphatic heterocycles. The minimum Gasteiger partial charge on any atom is -0.394 e. The Hall–Kier alpha value is -2.19. The molecule has 0 radical (unpaired) electrons. The van der Waals surface area contributed by atoms with Crippen LogP contribution < -0.4 is 16.0 Å². The van der Waals surface area contributed by atoms with E-state index in [0.29, 0.717) is 19.4 Å². The average molecular weight is 422 g/mol. The molecule has 1 saturated carbocycles. The number of halogens is 1. The third-order valence-electron chi connectivity index (χ3n) is 5.87. The van der Waals surface area contributed by atoms with Crippen molar-refractivity contribution in [2.24, 2.45) is 0 Å². The predicted octanol–water partition coefficient (Wildman–Crippen LogP) is 2.37. The number of carbonyl (C=O) groups excluding carboxylic acids is 2. The molecule has 1 aliphatic carbocycles. The second kappa shape index (κ2) is 11.3. The number of ether oxygens (including phenoxy) is 1. The first-order chi connectivity index (χ1) is 14.5. The molecule has 1 aromatic carbocycles. The number of aliphatic hydroxyl groups excluding tert-OH is 1. The number of benzene rings is 1. The first kappa shape index (κ1) is 22.5. The van der Waals surface area contributed by atoms with Gasteiger partial charge >= 0.3 is 6.03 Å². The Morgan fingerprint density at radius 3 is 2.47 bits per heavy atom. The van der Waals surface area contributed by atoms with Crippen molar-refractivity contribution < 1.29 is 23.8 Å². The molecule has 30 heavy (non-hydrogen) atoms. The lowest BCUT2D eigenvalue weighted by Gasteiger charge is -2.36. The maximum absolute atomic E-state index is 12.9. The van der Waals surface area contributed by atoms with Gasteiger partial charge in [0.2, 0.25) is 5.91 Å². The molecule has 3 rings (SSSR count). The number of carbonyl (C=O) groups is 2. The molecule has 1 heterocycles.